The molecule has 0 aliphatic carbocycles. The summed E-state index contributed by atoms with van der Waals surface area (Å²) in [6, 6.07) is 21.0. The molecular weight excluding hydrogens is 385 g/mol. The van der Waals surface area contributed by atoms with Crippen LogP contribution in [-0.2, 0) is 0 Å². The van der Waals surface area contributed by atoms with Crippen LogP contribution in [0.5, 0.6) is 0 Å². The Bertz CT molecular complexity index is 986. The Labute approximate surface area is 175 Å². The summed E-state index contributed by atoms with van der Waals surface area (Å²) in [4.78, 5) is 12.2. The largest absolute Gasteiger partial charge is 0.356 e. The third-order valence-electron chi connectivity index (χ3n) is 4.43. The van der Waals surface area contributed by atoms with Crippen molar-refractivity contribution in [3.8, 4) is 0 Å². The molecule has 3 N–H and O–H groups in total. The maximum absolute atomic E-state index is 13.0. The minimum absolute atomic E-state index is 0.0740. The van der Waals surface area contributed by atoms with E-state index in [2.05, 4.69) is 47.1 Å². The van der Waals surface area contributed by atoms with Crippen molar-refractivity contribution >= 4 is 34.6 Å². The number of aryl methyl sites for hydroxylation is 1. The number of hydrogen-bond donors (Lipinski definition) is 3. The topological polar surface area (TPSA) is 53.2 Å². The predicted octanol–water partition coefficient (Wildman–Crippen LogP) is 5.43. The van der Waals surface area contributed by atoms with Crippen molar-refractivity contribution in [3.63, 3.8) is 0 Å². The van der Waals surface area contributed by atoms with Gasteiger partial charge in [-0.1, -0.05) is 29.8 Å². The lowest BCUT2D eigenvalue weighted by Gasteiger charge is -2.18. The summed E-state index contributed by atoms with van der Waals surface area (Å²) >= 11 is 5.39. The van der Waals surface area contributed by atoms with E-state index in [1.807, 2.05) is 19.1 Å². The fourth-order valence-corrected chi connectivity index (χ4v) is 3.04. The molecule has 0 aliphatic heterocycles. The van der Waals surface area contributed by atoms with Crippen molar-refractivity contribution in [3.05, 3.63) is 95.3 Å². The zero-order valence-electron chi connectivity index (χ0n) is 16.2. The average Bonchev–Trinajstić information content (AvgIpc) is 2.70. The molecule has 148 valence electrons. The van der Waals surface area contributed by atoms with Crippen LogP contribution in [0.4, 0.5) is 15.8 Å². The third kappa shape index (κ3) is 5.86. The summed E-state index contributed by atoms with van der Waals surface area (Å²) in [5.41, 5.74) is 4.20. The van der Waals surface area contributed by atoms with Gasteiger partial charge >= 0.3 is 0 Å². The first-order chi connectivity index (χ1) is 13.9. The van der Waals surface area contributed by atoms with Crippen LogP contribution < -0.4 is 16.0 Å². The van der Waals surface area contributed by atoms with E-state index in [4.69, 9.17) is 12.2 Å². The predicted molar refractivity (Wildman–Crippen MR) is 120 cm³/mol. The van der Waals surface area contributed by atoms with Gasteiger partial charge in [-0.25, -0.2) is 4.39 Å². The van der Waals surface area contributed by atoms with E-state index < -0.39 is 0 Å². The zero-order chi connectivity index (χ0) is 20.8. The summed E-state index contributed by atoms with van der Waals surface area (Å²) in [5.74, 6) is -0.673. The molecule has 4 nitrogen and oxygen atoms in total. The molecule has 29 heavy (non-hydrogen) atoms. The number of halogens is 1. The molecule has 0 saturated heterocycles. The van der Waals surface area contributed by atoms with E-state index in [1.165, 1.54) is 29.8 Å². The quantitative estimate of drug-likeness (QED) is 0.494. The second kappa shape index (κ2) is 9.30. The molecule has 0 spiro atoms. The van der Waals surface area contributed by atoms with Crippen LogP contribution in [0.2, 0.25) is 0 Å². The van der Waals surface area contributed by atoms with E-state index in [1.54, 1.807) is 12.1 Å². The Morgan fingerprint density at radius 3 is 2.00 bits per heavy atom. The van der Waals surface area contributed by atoms with Crippen molar-refractivity contribution in [2.45, 2.75) is 19.9 Å². The molecule has 0 aliphatic rings. The molecule has 0 heterocycles. The first kappa shape index (κ1) is 20.5. The highest BCUT2D eigenvalue weighted by Gasteiger charge is 2.08. The van der Waals surface area contributed by atoms with Gasteiger partial charge in [0.2, 0.25) is 0 Å². The van der Waals surface area contributed by atoms with Gasteiger partial charge in [-0.05, 0) is 80.2 Å². The maximum atomic E-state index is 13.0. The van der Waals surface area contributed by atoms with E-state index in [9.17, 15) is 9.18 Å². The van der Waals surface area contributed by atoms with Crippen molar-refractivity contribution in [2.75, 3.05) is 10.6 Å². The van der Waals surface area contributed by atoms with Gasteiger partial charge in [-0.2, -0.15) is 0 Å². The second-order valence-corrected chi connectivity index (χ2v) is 7.18. The molecule has 6 heteroatoms. The van der Waals surface area contributed by atoms with Gasteiger partial charge in [0.05, 0.1) is 6.04 Å². The molecule has 1 atom stereocenters. The highest BCUT2D eigenvalue weighted by Crippen LogP contribution is 2.16. The molecule has 0 radical (unpaired) electrons. The number of nitrogens with one attached hydrogen (secondary N) is 3. The van der Waals surface area contributed by atoms with Gasteiger partial charge in [0.25, 0.3) is 5.91 Å². The Morgan fingerprint density at radius 1 is 0.862 bits per heavy atom. The van der Waals surface area contributed by atoms with E-state index in [-0.39, 0.29) is 17.8 Å². The molecule has 0 fully saturated rings. The zero-order valence-corrected chi connectivity index (χ0v) is 17.0. The summed E-state index contributed by atoms with van der Waals surface area (Å²) in [7, 11) is 0. The number of amides is 1. The fourth-order valence-electron chi connectivity index (χ4n) is 2.74. The Kier molecular flexibility index (Phi) is 6.57. The van der Waals surface area contributed by atoms with Gasteiger partial charge in [0.1, 0.15) is 5.82 Å². The van der Waals surface area contributed by atoms with Gasteiger partial charge in [0.15, 0.2) is 5.11 Å². The summed E-state index contributed by atoms with van der Waals surface area (Å²) < 4.78 is 13.0. The van der Waals surface area contributed by atoms with Crippen molar-refractivity contribution < 1.29 is 9.18 Å². The van der Waals surface area contributed by atoms with Gasteiger partial charge in [-0.15, -0.1) is 0 Å². The number of anilines is 2. The monoisotopic (exact) mass is 407 g/mol. The molecular formula is C23H22FN3OS. The lowest BCUT2D eigenvalue weighted by atomic mass is 10.1. The fraction of sp³-hybridized carbons (Fsp3) is 0.130. The number of thiocarbonyl (C=S) groups is 1. The number of rotatable bonds is 5. The Balaban J connectivity index is 1.54. The SMILES string of the molecule is Cc1ccc(C(C)NC(=S)Nc2ccc(NC(=O)c3ccc(F)cc3)cc2)cc1. The normalized spacial score (nSPS) is 11.4. The lowest BCUT2D eigenvalue weighted by Crippen LogP contribution is -2.30. The van der Waals surface area contributed by atoms with Crippen LogP contribution in [-0.4, -0.2) is 11.0 Å². The van der Waals surface area contributed by atoms with Crippen molar-refractivity contribution in [2.24, 2.45) is 0 Å². The van der Waals surface area contributed by atoms with Gasteiger partial charge in [-0.3, -0.25) is 4.79 Å². The minimum Gasteiger partial charge on any atom is -0.356 e. The molecule has 1 amide bonds. The number of carbonyl (C=O) groups excluding carboxylic acids is 1. The number of benzene rings is 3. The van der Waals surface area contributed by atoms with E-state index in [0.29, 0.717) is 16.4 Å². The lowest BCUT2D eigenvalue weighted by molar-refractivity contribution is 0.102. The first-order valence-electron chi connectivity index (χ1n) is 9.22. The van der Waals surface area contributed by atoms with Crippen molar-refractivity contribution in [1.82, 2.24) is 5.32 Å². The standard InChI is InChI=1S/C23H22FN3OS/c1-15-3-5-17(6-4-15)16(2)25-23(29)27-21-13-11-20(12-14-21)26-22(28)18-7-9-19(24)10-8-18/h3-14,16H,1-2H3,(H,26,28)(H2,25,27,29). The van der Waals surface area contributed by atoms with Crippen molar-refractivity contribution in [1.29, 1.82) is 0 Å². The molecule has 3 aromatic carbocycles. The van der Waals surface area contributed by atoms with Crippen LogP contribution in [0.25, 0.3) is 0 Å². The number of hydrogen-bond acceptors (Lipinski definition) is 2. The summed E-state index contributed by atoms with van der Waals surface area (Å²) in [6.07, 6.45) is 0. The Morgan fingerprint density at radius 2 is 1.41 bits per heavy atom. The number of carbonyl (C=O) groups is 1. The first-order valence-corrected chi connectivity index (χ1v) is 9.62. The molecule has 0 saturated carbocycles. The molecule has 0 bridgehead atoms. The smallest absolute Gasteiger partial charge is 0.255 e. The third-order valence-corrected chi connectivity index (χ3v) is 4.65. The maximum Gasteiger partial charge on any atom is 0.255 e. The van der Waals surface area contributed by atoms with E-state index in [0.717, 1.165) is 11.3 Å². The van der Waals surface area contributed by atoms with Crippen LogP contribution in [0.1, 0.15) is 34.5 Å². The second-order valence-electron chi connectivity index (χ2n) is 6.77. The molecule has 0 aromatic heterocycles. The minimum atomic E-state index is -0.377. The van der Waals surface area contributed by atoms with Crippen LogP contribution in [0.15, 0.2) is 72.8 Å². The van der Waals surface area contributed by atoms with Gasteiger partial charge in [0, 0.05) is 16.9 Å². The van der Waals surface area contributed by atoms with E-state index >= 15 is 0 Å². The van der Waals surface area contributed by atoms with Crippen LogP contribution in [0.3, 0.4) is 0 Å². The van der Waals surface area contributed by atoms with Crippen LogP contribution >= 0.6 is 12.2 Å². The molecule has 1 unspecified atom stereocenters. The summed E-state index contributed by atoms with van der Waals surface area (Å²) in [6.45, 7) is 4.10. The summed E-state index contributed by atoms with van der Waals surface area (Å²) in [5, 5.41) is 9.69. The molecule has 3 aromatic rings. The highest BCUT2D eigenvalue weighted by molar-refractivity contribution is 7.80. The van der Waals surface area contributed by atoms with Gasteiger partial charge < -0.3 is 16.0 Å². The average molecular weight is 408 g/mol. The van der Waals surface area contributed by atoms with Crippen LogP contribution in [0, 0.1) is 12.7 Å². The highest BCUT2D eigenvalue weighted by atomic mass is 32.1. The Hall–Kier alpha value is -3.25. The molecule has 3 rings (SSSR count).